The molecule has 162 valence electrons. The summed E-state index contributed by atoms with van der Waals surface area (Å²) in [5.41, 5.74) is 0. The first-order valence-electron chi connectivity index (χ1n) is 10.4. The normalized spacial score (nSPS) is 17.7. The number of thiophene rings is 1. The lowest BCUT2D eigenvalue weighted by Crippen LogP contribution is -2.40. The van der Waals surface area contributed by atoms with Crippen molar-refractivity contribution in [1.82, 2.24) is 30.3 Å². The summed E-state index contributed by atoms with van der Waals surface area (Å²) in [4.78, 5) is 8.90. The van der Waals surface area contributed by atoms with Crippen molar-refractivity contribution in [3.8, 4) is 0 Å². The molecule has 3 rings (SSSR count). The molecule has 2 N–H and O–H groups in total. The average Bonchev–Trinajstić information content (AvgIpc) is 3.38. The van der Waals surface area contributed by atoms with E-state index in [1.165, 1.54) is 24.3 Å². The van der Waals surface area contributed by atoms with E-state index in [-0.39, 0.29) is 24.0 Å². The van der Waals surface area contributed by atoms with E-state index in [1.807, 2.05) is 11.3 Å². The molecule has 29 heavy (non-hydrogen) atoms. The third-order valence-corrected chi connectivity index (χ3v) is 5.93. The van der Waals surface area contributed by atoms with Gasteiger partial charge in [-0.05, 0) is 43.7 Å². The van der Waals surface area contributed by atoms with E-state index in [1.54, 1.807) is 6.33 Å². The van der Waals surface area contributed by atoms with Crippen LogP contribution >= 0.6 is 35.3 Å². The average molecular weight is 532 g/mol. The fraction of sp³-hybridized carbons (Fsp3) is 0.650. The summed E-state index contributed by atoms with van der Waals surface area (Å²) in [6.07, 6.45) is 5.24. The fourth-order valence-electron chi connectivity index (χ4n) is 3.66. The van der Waals surface area contributed by atoms with E-state index >= 15 is 0 Å². The van der Waals surface area contributed by atoms with Gasteiger partial charge in [-0.3, -0.25) is 9.89 Å². The first kappa shape index (κ1) is 24.1. The lowest BCUT2D eigenvalue weighted by atomic mass is 9.98. The molecule has 1 atom stereocenters. The first-order chi connectivity index (χ1) is 13.8. The Bertz CT molecular complexity index is 716. The van der Waals surface area contributed by atoms with Crippen molar-refractivity contribution in [3.05, 3.63) is 34.5 Å². The van der Waals surface area contributed by atoms with Crippen molar-refractivity contribution in [1.29, 1.82) is 0 Å². The lowest BCUT2D eigenvalue weighted by molar-refractivity contribution is 0.172. The van der Waals surface area contributed by atoms with E-state index in [4.69, 9.17) is 4.99 Å². The molecule has 7 nitrogen and oxygen atoms in total. The zero-order valence-corrected chi connectivity index (χ0v) is 20.7. The van der Waals surface area contributed by atoms with Crippen LogP contribution < -0.4 is 10.6 Å². The molecule has 1 aliphatic rings. The van der Waals surface area contributed by atoms with Gasteiger partial charge in [0, 0.05) is 50.6 Å². The Balaban J connectivity index is 0.00000300. The van der Waals surface area contributed by atoms with E-state index in [2.05, 4.69) is 61.7 Å². The molecule has 0 bridgehead atoms. The van der Waals surface area contributed by atoms with E-state index in [0.29, 0.717) is 5.92 Å². The number of nitrogens with one attached hydrogen (secondary N) is 2. The molecule has 1 aliphatic heterocycles. The smallest absolute Gasteiger partial charge is 0.191 e. The minimum Gasteiger partial charge on any atom is -0.357 e. The predicted octanol–water partition coefficient (Wildman–Crippen LogP) is 2.99. The number of piperidine rings is 1. The SMILES string of the molecule is CCNC(=NCC1CCCN(Cc2cccs2)C1)NCCn1cnnc1CC.I. The van der Waals surface area contributed by atoms with Crippen LogP contribution in [0.3, 0.4) is 0 Å². The van der Waals surface area contributed by atoms with Crippen molar-refractivity contribution >= 4 is 41.3 Å². The van der Waals surface area contributed by atoms with Crippen molar-refractivity contribution < 1.29 is 0 Å². The number of hydrogen-bond donors (Lipinski definition) is 2. The molecule has 9 heteroatoms. The van der Waals surface area contributed by atoms with Gasteiger partial charge in [-0.1, -0.05) is 13.0 Å². The van der Waals surface area contributed by atoms with Crippen molar-refractivity contribution in [3.63, 3.8) is 0 Å². The maximum atomic E-state index is 4.86. The number of aryl methyl sites for hydroxylation is 1. The van der Waals surface area contributed by atoms with Gasteiger partial charge in [-0.25, -0.2) is 0 Å². The topological polar surface area (TPSA) is 70.4 Å². The Morgan fingerprint density at radius 3 is 3.00 bits per heavy atom. The quantitative estimate of drug-likeness (QED) is 0.296. The molecular formula is C20H34IN7S. The highest BCUT2D eigenvalue weighted by Gasteiger charge is 2.20. The van der Waals surface area contributed by atoms with E-state index in [9.17, 15) is 0 Å². The molecule has 0 spiro atoms. The van der Waals surface area contributed by atoms with Gasteiger partial charge < -0.3 is 15.2 Å². The molecule has 1 unspecified atom stereocenters. The summed E-state index contributed by atoms with van der Waals surface area (Å²) in [6.45, 7) is 11.0. The van der Waals surface area contributed by atoms with E-state index in [0.717, 1.165) is 57.5 Å². The fourth-order valence-corrected chi connectivity index (χ4v) is 4.41. The molecule has 0 saturated carbocycles. The minimum atomic E-state index is 0. The number of nitrogens with zero attached hydrogens (tertiary/aromatic N) is 5. The largest absolute Gasteiger partial charge is 0.357 e. The summed E-state index contributed by atoms with van der Waals surface area (Å²) in [5.74, 6) is 2.56. The summed E-state index contributed by atoms with van der Waals surface area (Å²) in [5, 5.41) is 17.1. The van der Waals surface area contributed by atoms with Crippen LogP contribution in [-0.2, 0) is 19.5 Å². The molecule has 0 amide bonds. The molecule has 1 fully saturated rings. The second-order valence-electron chi connectivity index (χ2n) is 7.26. The second kappa shape index (κ2) is 13.2. The van der Waals surface area contributed by atoms with E-state index < -0.39 is 0 Å². The Morgan fingerprint density at radius 1 is 1.34 bits per heavy atom. The van der Waals surface area contributed by atoms with Crippen molar-refractivity contribution in [2.75, 3.05) is 32.7 Å². The predicted molar refractivity (Wildman–Crippen MR) is 131 cm³/mol. The van der Waals surface area contributed by atoms with Gasteiger partial charge in [0.1, 0.15) is 12.2 Å². The molecule has 0 aromatic carbocycles. The standard InChI is InChI=1S/C20H33N7S.HI/c1-3-19-25-24-16-27(19)11-9-22-20(21-4-2)23-13-17-7-5-10-26(14-17)15-18-8-6-12-28-18;/h6,8,12,16-17H,3-5,7,9-11,13-15H2,1-2H3,(H2,21,22,23);1H. The Hall–Kier alpha value is -1.20. The molecule has 3 heterocycles. The molecule has 0 aliphatic carbocycles. The number of guanidine groups is 1. The Kier molecular flexibility index (Phi) is 10.9. The summed E-state index contributed by atoms with van der Waals surface area (Å²) in [7, 11) is 0. The Labute approximate surface area is 195 Å². The highest BCUT2D eigenvalue weighted by molar-refractivity contribution is 14.0. The highest BCUT2D eigenvalue weighted by atomic mass is 127. The monoisotopic (exact) mass is 531 g/mol. The molecular weight excluding hydrogens is 497 g/mol. The number of rotatable bonds is 9. The zero-order chi connectivity index (χ0) is 19.6. The van der Waals surface area contributed by atoms with Crippen molar-refractivity contribution in [2.45, 2.75) is 46.2 Å². The summed E-state index contributed by atoms with van der Waals surface area (Å²) >= 11 is 1.85. The van der Waals surface area contributed by atoms with Crippen LogP contribution in [0.4, 0.5) is 0 Å². The van der Waals surface area contributed by atoms with Crippen LogP contribution in [0.25, 0.3) is 0 Å². The van der Waals surface area contributed by atoms with Gasteiger partial charge in [-0.15, -0.1) is 45.5 Å². The second-order valence-corrected chi connectivity index (χ2v) is 8.30. The molecule has 0 radical (unpaired) electrons. The Morgan fingerprint density at radius 2 is 2.24 bits per heavy atom. The number of aliphatic imine (C=N–C) groups is 1. The van der Waals surface area contributed by atoms with Gasteiger partial charge in [-0.2, -0.15) is 0 Å². The highest BCUT2D eigenvalue weighted by Crippen LogP contribution is 2.20. The summed E-state index contributed by atoms with van der Waals surface area (Å²) in [6, 6.07) is 4.38. The van der Waals surface area contributed by atoms with Gasteiger partial charge in [0.15, 0.2) is 5.96 Å². The van der Waals surface area contributed by atoms with Gasteiger partial charge in [0.2, 0.25) is 0 Å². The molecule has 2 aromatic rings. The van der Waals surface area contributed by atoms with Crippen LogP contribution in [0.2, 0.25) is 0 Å². The maximum Gasteiger partial charge on any atom is 0.191 e. The number of likely N-dealkylation sites (tertiary alicyclic amines) is 1. The van der Waals surface area contributed by atoms with Crippen LogP contribution in [-0.4, -0.2) is 58.3 Å². The number of aromatic nitrogens is 3. The lowest BCUT2D eigenvalue weighted by Gasteiger charge is -2.31. The van der Waals surface area contributed by atoms with Gasteiger partial charge >= 0.3 is 0 Å². The van der Waals surface area contributed by atoms with Crippen LogP contribution in [0.5, 0.6) is 0 Å². The van der Waals surface area contributed by atoms with Crippen LogP contribution in [0.15, 0.2) is 28.8 Å². The first-order valence-corrected chi connectivity index (χ1v) is 11.3. The van der Waals surface area contributed by atoms with Crippen LogP contribution in [0, 0.1) is 5.92 Å². The molecule has 2 aromatic heterocycles. The zero-order valence-electron chi connectivity index (χ0n) is 17.5. The number of halogens is 1. The minimum absolute atomic E-state index is 0. The van der Waals surface area contributed by atoms with Gasteiger partial charge in [0.25, 0.3) is 0 Å². The molecule has 1 saturated heterocycles. The number of hydrogen-bond acceptors (Lipinski definition) is 5. The third kappa shape index (κ3) is 7.86. The van der Waals surface area contributed by atoms with Crippen molar-refractivity contribution in [2.24, 2.45) is 10.9 Å². The van der Waals surface area contributed by atoms with Gasteiger partial charge in [0.05, 0.1) is 0 Å². The van der Waals surface area contributed by atoms with Crippen LogP contribution in [0.1, 0.15) is 37.4 Å². The maximum absolute atomic E-state index is 4.86. The summed E-state index contributed by atoms with van der Waals surface area (Å²) < 4.78 is 2.10. The third-order valence-electron chi connectivity index (χ3n) is 5.07.